The van der Waals surface area contributed by atoms with Gasteiger partial charge in [0.2, 0.25) is 0 Å². The normalized spacial score (nSPS) is 20.3. The van der Waals surface area contributed by atoms with E-state index in [1.807, 2.05) is 53.4 Å². The second-order valence-corrected chi connectivity index (χ2v) is 7.56. The molecular formula is C22H24ClNO4. The summed E-state index contributed by atoms with van der Waals surface area (Å²) >= 11 is 6.37. The lowest BCUT2D eigenvalue weighted by Gasteiger charge is -2.34. The van der Waals surface area contributed by atoms with Crippen LogP contribution in [0.3, 0.4) is 0 Å². The molecule has 28 heavy (non-hydrogen) atoms. The molecule has 0 N–H and O–H groups in total. The van der Waals surface area contributed by atoms with E-state index >= 15 is 0 Å². The SMILES string of the molecule is O=C(COc1ccc(-c2ccccc2)cc1Cl)N1CCCC(C2OCCO2)C1. The van der Waals surface area contributed by atoms with Gasteiger partial charge in [0.25, 0.3) is 5.91 Å². The average molecular weight is 402 g/mol. The maximum atomic E-state index is 12.6. The van der Waals surface area contributed by atoms with Crippen LogP contribution in [-0.2, 0) is 14.3 Å². The Balaban J connectivity index is 1.34. The van der Waals surface area contributed by atoms with Gasteiger partial charge in [0.05, 0.1) is 18.2 Å². The molecule has 2 aliphatic rings. The van der Waals surface area contributed by atoms with Crippen LogP contribution < -0.4 is 4.74 Å². The van der Waals surface area contributed by atoms with Gasteiger partial charge in [0.15, 0.2) is 12.9 Å². The van der Waals surface area contributed by atoms with Crippen LogP contribution in [-0.4, -0.2) is 50.0 Å². The van der Waals surface area contributed by atoms with Crippen molar-refractivity contribution < 1.29 is 19.0 Å². The van der Waals surface area contributed by atoms with Crippen molar-refractivity contribution in [3.63, 3.8) is 0 Å². The molecule has 2 saturated heterocycles. The number of rotatable bonds is 5. The van der Waals surface area contributed by atoms with Gasteiger partial charge in [-0.2, -0.15) is 0 Å². The number of ether oxygens (including phenoxy) is 3. The predicted octanol–water partition coefficient (Wildman–Crippen LogP) is 4.00. The van der Waals surface area contributed by atoms with E-state index in [-0.39, 0.29) is 24.7 Å². The summed E-state index contributed by atoms with van der Waals surface area (Å²) in [7, 11) is 0. The molecule has 4 rings (SSSR count). The Hall–Kier alpha value is -2.08. The van der Waals surface area contributed by atoms with Gasteiger partial charge in [-0.1, -0.05) is 48.0 Å². The topological polar surface area (TPSA) is 48.0 Å². The zero-order chi connectivity index (χ0) is 19.3. The van der Waals surface area contributed by atoms with Crippen molar-refractivity contribution in [2.45, 2.75) is 19.1 Å². The molecule has 0 aliphatic carbocycles. The van der Waals surface area contributed by atoms with Crippen LogP contribution in [0.25, 0.3) is 11.1 Å². The first kappa shape index (κ1) is 19.2. The highest BCUT2D eigenvalue weighted by molar-refractivity contribution is 6.32. The lowest BCUT2D eigenvalue weighted by atomic mass is 9.97. The van der Waals surface area contributed by atoms with Crippen molar-refractivity contribution in [1.29, 1.82) is 0 Å². The number of carbonyl (C=O) groups excluding carboxylic acids is 1. The zero-order valence-electron chi connectivity index (χ0n) is 15.7. The smallest absolute Gasteiger partial charge is 0.260 e. The van der Waals surface area contributed by atoms with Gasteiger partial charge in [0, 0.05) is 19.0 Å². The van der Waals surface area contributed by atoms with Crippen molar-refractivity contribution in [1.82, 2.24) is 4.90 Å². The van der Waals surface area contributed by atoms with Gasteiger partial charge in [-0.3, -0.25) is 4.79 Å². The van der Waals surface area contributed by atoms with Crippen LogP contribution in [0, 0.1) is 5.92 Å². The molecule has 1 atom stereocenters. The van der Waals surface area contributed by atoms with Crippen LogP contribution in [0.15, 0.2) is 48.5 Å². The Morgan fingerprint density at radius 3 is 2.64 bits per heavy atom. The first-order chi connectivity index (χ1) is 13.7. The monoisotopic (exact) mass is 401 g/mol. The molecule has 0 aromatic heterocycles. The fraction of sp³-hybridized carbons (Fsp3) is 0.409. The Labute approximate surface area is 170 Å². The third kappa shape index (κ3) is 4.49. The summed E-state index contributed by atoms with van der Waals surface area (Å²) in [5.41, 5.74) is 2.10. The molecule has 1 amide bonds. The molecule has 2 fully saturated rings. The molecule has 2 aliphatic heterocycles. The van der Waals surface area contributed by atoms with E-state index in [9.17, 15) is 4.79 Å². The van der Waals surface area contributed by atoms with E-state index in [4.69, 9.17) is 25.8 Å². The highest BCUT2D eigenvalue weighted by Gasteiger charge is 2.32. The summed E-state index contributed by atoms with van der Waals surface area (Å²) in [5, 5.41) is 0.499. The minimum absolute atomic E-state index is 0.0243. The van der Waals surface area contributed by atoms with Crippen LogP contribution in [0.2, 0.25) is 5.02 Å². The van der Waals surface area contributed by atoms with Crippen molar-refractivity contribution >= 4 is 17.5 Å². The summed E-state index contributed by atoms with van der Waals surface area (Å²) < 4.78 is 16.9. The number of hydrogen-bond donors (Lipinski definition) is 0. The fourth-order valence-electron chi connectivity index (χ4n) is 3.77. The van der Waals surface area contributed by atoms with E-state index in [0.717, 1.165) is 30.5 Å². The van der Waals surface area contributed by atoms with Crippen LogP contribution in [0.4, 0.5) is 0 Å². The third-order valence-corrected chi connectivity index (χ3v) is 5.53. The van der Waals surface area contributed by atoms with Gasteiger partial charge in [-0.15, -0.1) is 0 Å². The summed E-state index contributed by atoms with van der Waals surface area (Å²) in [5.74, 6) is 0.713. The first-order valence-corrected chi connectivity index (χ1v) is 10.1. The molecule has 2 aromatic rings. The third-order valence-electron chi connectivity index (χ3n) is 5.23. The second-order valence-electron chi connectivity index (χ2n) is 7.15. The second kappa shape index (κ2) is 8.95. The Kier molecular flexibility index (Phi) is 6.15. The fourth-order valence-corrected chi connectivity index (χ4v) is 4.00. The van der Waals surface area contributed by atoms with Crippen molar-refractivity contribution in [2.75, 3.05) is 32.9 Å². The molecule has 0 bridgehead atoms. The van der Waals surface area contributed by atoms with Crippen molar-refractivity contribution in [2.24, 2.45) is 5.92 Å². The van der Waals surface area contributed by atoms with E-state index in [0.29, 0.717) is 30.5 Å². The summed E-state index contributed by atoms with van der Waals surface area (Å²) in [6.07, 6.45) is 1.78. The maximum Gasteiger partial charge on any atom is 0.260 e. The van der Waals surface area contributed by atoms with Crippen LogP contribution >= 0.6 is 11.6 Å². The summed E-state index contributed by atoms with van der Waals surface area (Å²) in [6, 6.07) is 15.6. The van der Waals surface area contributed by atoms with Gasteiger partial charge in [0.1, 0.15) is 5.75 Å². The highest BCUT2D eigenvalue weighted by Crippen LogP contribution is 2.30. The first-order valence-electron chi connectivity index (χ1n) is 9.69. The molecule has 2 heterocycles. The number of halogens is 1. The molecule has 0 saturated carbocycles. The van der Waals surface area contributed by atoms with Gasteiger partial charge >= 0.3 is 0 Å². The number of piperidine rings is 1. The van der Waals surface area contributed by atoms with E-state index in [2.05, 4.69) is 0 Å². The molecule has 0 spiro atoms. The van der Waals surface area contributed by atoms with E-state index < -0.39 is 0 Å². The summed E-state index contributed by atoms with van der Waals surface area (Å²) in [6.45, 7) is 2.63. The number of benzene rings is 2. The standard InChI is InChI=1S/C22H24ClNO4/c23-19-13-17(16-5-2-1-3-6-16)8-9-20(19)28-15-21(25)24-10-4-7-18(14-24)22-26-11-12-27-22/h1-3,5-6,8-9,13,18,22H,4,7,10-12,14-15H2. The van der Waals surface area contributed by atoms with Crippen molar-refractivity contribution in [3.05, 3.63) is 53.6 Å². The molecule has 6 heteroatoms. The van der Waals surface area contributed by atoms with E-state index in [1.165, 1.54) is 0 Å². The van der Waals surface area contributed by atoms with Gasteiger partial charge < -0.3 is 19.1 Å². The molecule has 0 radical (unpaired) electrons. The Morgan fingerprint density at radius 1 is 1.11 bits per heavy atom. The molecule has 2 aromatic carbocycles. The predicted molar refractivity (Wildman–Crippen MR) is 107 cm³/mol. The molecule has 148 valence electrons. The van der Waals surface area contributed by atoms with Gasteiger partial charge in [-0.25, -0.2) is 0 Å². The number of amides is 1. The lowest BCUT2D eigenvalue weighted by molar-refractivity contribution is -0.141. The maximum absolute atomic E-state index is 12.6. The molecule has 1 unspecified atom stereocenters. The lowest BCUT2D eigenvalue weighted by Crippen LogP contribution is -2.45. The Morgan fingerprint density at radius 2 is 1.89 bits per heavy atom. The van der Waals surface area contributed by atoms with Crippen LogP contribution in [0.5, 0.6) is 5.75 Å². The number of carbonyl (C=O) groups is 1. The summed E-state index contributed by atoms with van der Waals surface area (Å²) in [4.78, 5) is 14.4. The minimum atomic E-state index is -0.184. The highest BCUT2D eigenvalue weighted by atomic mass is 35.5. The van der Waals surface area contributed by atoms with Gasteiger partial charge in [-0.05, 0) is 36.1 Å². The van der Waals surface area contributed by atoms with E-state index in [1.54, 1.807) is 0 Å². The van der Waals surface area contributed by atoms with Crippen LogP contribution in [0.1, 0.15) is 12.8 Å². The largest absolute Gasteiger partial charge is 0.482 e. The molecule has 5 nitrogen and oxygen atoms in total. The average Bonchev–Trinajstić information content (AvgIpc) is 3.28. The zero-order valence-corrected chi connectivity index (χ0v) is 16.4. The molecular weight excluding hydrogens is 378 g/mol. The Bertz CT molecular complexity index is 807. The number of nitrogens with zero attached hydrogens (tertiary/aromatic N) is 1. The number of hydrogen-bond acceptors (Lipinski definition) is 4. The number of likely N-dealkylation sites (tertiary alicyclic amines) is 1. The van der Waals surface area contributed by atoms with Crippen molar-refractivity contribution in [3.8, 4) is 16.9 Å². The minimum Gasteiger partial charge on any atom is -0.482 e. The quantitative estimate of drug-likeness (QED) is 0.759.